The molecule has 0 bridgehead atoms. The molecule has 0 fully saturated rings. The fourth-order valence-corrected chi connectivity index (χ4v) is 1.89. The van der Waals surface area contributed by atoms with Gasteiger partial charge in [0.25, 0.3) is 0 Å². The first-order valence-corrected chi connectivity index (χ1v) is 5.84. The summed E-state index contributed by atoms with van der Waals surface area (Å²) < 4.78 is 10.6. The Kier molecular flexibility index (Phi) is 2.91. The van der Waals surface area contributed by atoms with Gasteiger partial charge in [-0.05, 0) is 29.8 Å². The van der Waals surface area contributed by atoms with Crippen LogP contribution in [0.4, 0.5) is 5.69 Å². The van der Waals surface area contributed by atoms with E-state index in [1.165, 1.54) is 0 Å². The number of hydrogen-bond donors (Lipinski definition) is 1. The lowest BCUT2D eigenvalue weighted by atomic mass is 10.2. The second kappa shape index (κ2) is 4.86. The minimum atomic E-state index is 0.271. The number of fused-ring (bicyclic) bond motifs is 1. The van der Waals surface area contributed by atoms with Crippen molar-refractivity contribution >= 4 is 5.69 Å². The number of nitrogens with one attached hydrogen (secondary N) is 1. The molecule has 0 saturated heterocycles. The number of ether oxygens (including phenoxy) is 2. The summed E-state index contributed by atoms with van der Waals surface area (Å²) >= 11 is 0. The first-order valence-electron chi connectivity index (χ1n) is 5.84. The first kappa shape index (κ1) is 11.4. The Hall–Kier alpha value is -2.74. The summed E-state index contributed by atoms with van der Waals surface area (Å²) in [6, 6.07) is 11.5. The molecule has 0 radical (unpaired) electrons. The summed E-state index contributed by atoms with van der Waals surface area (Å²) in [7, 11) is 0. The second-order valence-electron chi connectivity index (χ2n) is 4.05. The fourth-order valence-electron chi connectivity index (χ4n) is 1.89. The molecule has 1 aliphatic rings. The van der Waals surface area contributed by atoms with Crippen LogP contribution in [0, 0.1) is 11.3 Å². The van der Waals surface area contributed by atoms with Crippen molar-refractivity contribution in [3.63, 3.8) is 0 Å². The lowest BCUT2D eigenvalue weighted by Crippen LogP contribution is -2.02. The molecule has 5 heteroatoms. The first-order chi connectivity index (χ1) is 9.36. The summed E-state index contributed by atoms with van der Waals surface area (Å²) in [6.07, 6.45) is 1.60. The fraction of sp³-hybridized carbons (Fsp3) is 0.143. The maximum Gasteiger partial charge on any atom is 0.231 e. The highest BCUT2D eigenvalue weighted by Crippen LogP contribution is 2.32. The minimum absolute atomic E-state index is 0.271. The van der Waals surface area contributed by atoms with Crippen molar-refractivity contribution in [2.45, 2.75) is 6.54 Å². The predicted octanol–water partition coefficient (Wildman–Crippen LogP) is 2.29. The van der Waals surface area contributed by atoms with Crippen LogP contribution in [0.3, 0.4) is 0 Å². The van der Waals surface area contributed by atoms with Crippen LogP contribution in [-0.2, 0) is 6.54 Å². The third-order valence-corrected chi connectivity index (χ3v) is 2.83. The molecule has 2 aromatic rings. The molecule has 1 N–H and O–H groups in total. The van der Waals surface area contributed by atoms with Crippen molar-refractivity contribution < 1.29 is 9.47 Å². The molecule has 0 atom stereocenters. The highest BCUT2D eigenvalue weighted by Gasteiger charge is 2.13. The molecule has 1 aromatic heterocycles. The Balaban J connectivity index is 1.74. The number of nitrogens with zero attached hydrogens (tertiary/aromatic N) is 2. The Morgan fingerprint density at radius 3 is 3.05 bits per heavy atom. The Morgan fingerprint density at radius 1 is 1.26 bits per heavy atom. The van der Waals surface area contributed by atoms with E-state index in [2.05, 4.69) is 16.4 Å². The van der Waals surface area contributed by atoms with Crippen LogP contribution in [0.2, 0.25) is 0 Å². The summed E-state index contributed by atoms with van der Waals surface area (Å²) in [5, 5.41) is 12.1. The van der Waals surface area contributed by atoms with Crippen LogP contribution < -0.4 is 14.8 Å². The number of nitriles is 1. The van der Waals surface area contributed by atoms with Gasteiger partial charge in [0, 0.05) is 12.7 Å². The van der Waals surface area contributed by atoms with Gasteiger partial charge in [0.1, 0.15) is 6.07 Å². The number of pyridine rings is 1. The predicted molar refractivity (Wildman–Crippen MR) is 68.8 cm³/mol. The van der Waals surface area contributed by atoms with E-state index in [1.807, 2.05) is 24.3 Å². The van der Waals surface area contributed by atoms with Crippen LogP contribution in [-0.4, -0.2) is 11.8 Å². The molecule has 0 unspecified atom stereocenters. The zero-order valence-electron chi connectivity index (χ0n) is 10.1. The molecule has 1 aliphatic heterocycles. The van der Waals surface area contributed by atoms with E-state index in [0.717, 1.165) is 22.7 Å². The number of rotatable bonds is 3. The Bertz CT molecular complexity index is 649. The van der Waals surface area contributed by atoms with Gasteiger partial charge in [-0.15, -0.1) is 0 Å². The maximum absolute atomic E-state index is 8.95. The van der Waals surface area contributed by atoms with Crippen LogP contribution >= 0.6 is 0 Å². The van der Waals surface area contributed by atoms with Gasteiger partial charge in [-0.3, -0.25) is 0 Å². The quantitative estimate of drug-likeness (QED) is 0.909. The molecule has 2 heterocycles. The van der Waals surface area contributed by atoms with Gasteiger partial charge in [0.2, 0.25) is 6.79 Å². The summed E-state index contributed by atoms with van der Waals surface area (Å²) in [6.45, 7) is 0.865. The average molecular weight is 253 g/mol. The molecule has 0 spiro atoms. The standard InChI is InChI=1S/C14H11N3O2/c15-7-12-11(2-1-5-16-12)17-8-10-3-4-13-14(6-10)19-9-18-13/h1-6,17H,8-9H2. The molecule has 1 aromatic carbocycles. The monoisotopic (exact) mass is 253 g/mol. The molecule has 0 aliphatic carbocycles. The SMILES string of the molecule is N#Cc1ncccc1NCc1ccc2c(c1)OCO2. The minimum Gasteiger partial charge on any atom is -0.454 e. The molecule has 19 heavy (non-hydrogen) atoms. The van der Waals surface area contributed by atoms with Crippen LogP contribution in [0.15, 0.2) is 36.5 Å². The Labute approximate surface area is 110 Å². The van der Waals surface area contributed by atoms with E-state index in [9.17, 15) is 0 Å². The summed E-state index contributed by atoms with van der Waals surface area (Å²) in [5.74, 6) is 1.52. The van der Waals surface area contributed by atoms with Crippen molar-refractivity contribution in [2.24, 2.45) is 0 Å². The van der Waals surface area contributed by atoms with Crippen molar-refractivity contribution in [2.75, 3.05) is 12.1 Å². The van der Waals surface area contributed by atoms with Gasteiger partial charge < -0.3 is 14.8 Å². The average Bonchev–Trinajstić information content (AvgIpc) is 2.93. The number of anilines is 1. The van der Waals surface area contributed by atoms with E-state index >= 15 is 0 Å². The Morgan fingerprint density at radius 2 is 2.16 bits per heavy atom. The van der Waals surface area contributed by atoms with Gasteiger partial charge in [0.05, 0.1) is 5.69 Å². The van der Waals surface area contributed by atoms with Crippen molar-refractivity contribution in [3.8, 4) is 17.6 Å². The molecule has 5 nitrogen and oxygen atoms in total. The third-order valence-electron chi connectivity index (χ3n) is 2.83. The largest absolute Gasteiger partial charge is 0.454 e. The highest BCUT2D eigenvalue weighted by atomic mass is 16.7. The number of aromatic nitrogens is 1. The van der Waals surface area contributed by atoms with E-state index in [4.69, 9.17) is 14.7 Å². The van der Waals surface area contributed by atoms with Crippen LogP contribution in [0.5, 0.6) is 11.5 Å². The molecule has 94 valence electrons. The number of benzene rings is 1. The van der Waals surface area contributed by atoms with E-state index < -0.39 is 0 Å². The highest BCUT2D eigenvalue weighted by molar-refractivity contribution is 5.54. The van der Waals surface area contributed by atoms with Gasteiger partial charge in [-0.2, -0.15) is 5.26 Å². The molecule has 0 amide bonds. The zero-order chi connectivity index (χ0) is 13.1. The smallest absolute Gasteiger partial charge is 0.231 e. The van der Waals surface area contributed by atoms with Crippen molar-refractivity contribution in [3.05, 3.63) is 47.8 Å². The summed E-state index contributed by atoms with van der Waals surface area (Å²) in [5.41, 5.74) is 2.17. The lowest BCUT2D eigenvalue weighted by molar-refractivity contribution is 0.174. The lowest BCUT2D eigenvalue weighted by Gasteiger charge is -2.08. The third kappa shape index (κ3) is 2.29. The van der Waals surface area contributed by atoms with Crippen molar-refractivity contribution in [1.29, 1.82) is 5.26 Å². The maximum atomic E-state index is 8.95. The molecule has 3 rings (SSSR count). The number of hydrogen-bond acceptors (Lipinski definition) is 5. The second-order valence-corrected chi connectivity index (χ2v) is 4.05. The van der Waals surface area contributed by atoms with Crippen LogP contribution in [0.25, 0.3) is 0 Å². The van der Waals surface area contributed by atoms with Gasteiger partial charge >= 0.3 is 0 Å². The zero-order valence-corrected chi connectivity index (χ0v) is 10.1. The van der Waals surface area contributed by atoms with Crippen LogP contribution in [0.1, 0.15) is 11.3 Å². The van der Waals surface area contributed by atoms with E-state index in [1.54, 1.807) is 12.3 Å². The molecular weight excluding hydrogens is 242 g/mol. The molecule has 0 saturated carbocycles. The van der Waals surface area contributed by atoms with E-state index in [-0.39, 0.29) is 6.79 Å². The van der Waals surface area contributed by atoms with Gasteiger partial charge in [0.15, 0.2) is 17.2 Å². The topological polar surface area (TPSA) is 67.2 Å². The summed E-state index contributed by atoms with van der Waals surface area (Å²) in [4.78, 5) is 4.00. The normalized spacial score (nSPS) is 11.9. The van der Waals surface area contributed by atoms with Gasteiger partial charge in [-0.1, -0.05) is 6.07 Å². The van der Waals surface area contributed by atoms with E-state index in [0.29, 0.717) is 12.2 Å². The van der Waals surface area contributed by atoms with Gasteiger partial charge in [-0.25, -0.2) is 4.98 Å². The van der Waals surface area contributed by atoms with Crippen molar-refractivity contribution in [1.82, 2.24) is 4.98 Å². The molecular formula is C14H11N3O2.